The van der Waals surface area contributed by atoms with E-state index < -0.39 is 0 Å². The van der Waals surface area contributed by atoms with Crippen LogP contribution in [0, 0.1) is 0 Å². The van der Waals surface area contributed by atoms with Gasteiger partial charge >= 0.3 is 0 Å². The molecule has 0 bridgehead atoms. The molecule has 0 aliphatic heterocycles. The fraction of sp³-hybridized carbons (Fsp3) is 0.409. The van der Waals surface area contributed by atoms with Crippen LogP contribution in [0.15, 0.2) is 41.4 Å². The highest BCUT2D eigenvalue weighted by molar-refractivity contribution is 14.0. The van der Waals surface area contributed by atoms with Crippen molar-refractivity contribution in [3.63, 3.8) is 0 Å². The quantitative estimate of drug-likeness (QED) is 0.264. The Morgan fingerprint density at radius 1 is 0.900 bits per heavy atom. The van der Waals surface area contributed by atoms with E-state index in [1.54, 1.807) is 21.3 Å². The lowest BCUT2D eigenvalue weighted by Gasteiger charge is -2.15. The minimum Gasteiger partial charge on any atom is -0.493 e. The fourth-order valence-corrected chi connectivity index (χ4v) is 2.68. The highest BCUT2D eigenvalue weighted by Gasteiger charge is 2.09. The molecule has 0 heterocycles. The van der Waals surface area contributed by atoms with Crippen LogP contribution in [-0.4, -0.2) is 40.4 Å². The molecule has 2 N–H and O–H groups in total. The van der Waals surface area contributed by atoms with Crippen molar-refractivity contribution in [1.82, 2.24) is 5.32 Å². The molecular weight excluding hydrogens is 497 g/mol. The van der Waals surface area contributed by atoms with Crippen LogP contribution in [0.4, 0.5) is 5.69 Å². The number of methoxy groups -OCH3 is 2. The van der Waals surface area contributed by atoms with Gasteiger partial charge in [0.25, 0.3) is 0 Å². The molecule has 0 aromatic heterocycles. The van der Waals surface area contributed by atoms with E-state index in [9.17, 15) is 0 Å². The van der Waals surface area contributed by atoms with Crippen molar-refractivity contribution in [1.29, 1.82) is 0 Å². The number of anilines is 1. The molecule has 2 aromatic rings. The molecule has 166 valence electrons. The van der Waals surface area contributed by atoms with Crippen LogP contribution in [0.25, 0.3) is 0 Å². The summed E-state index contributed by atoms with van der Waals surface area (Å²) < 4.78 is 22.1. The Morgan fingerprint density at radius 3 is 2.27 bits per heavy atom. The topological polar surface area (TPSA) is 73.3 Å². The molecular formula is C22H32IN3O4. The molecule has 0 saturated heterocycles. The molecule has 0 radical (unpaired) electrons. The summed E-state index contributed by atoms with van der Waals surface area (Å²) in [5, 5.41) is 6.56. The molecule has 0 aliphatic carbocycles. The van der Waals surface area contributed by atoms with Gasteiger partial charge in [-0.25, -0.2) is 0 Å². The number of rotatable bonds is 10. The first-order valence-electron chi connectivity index (χ1n) is 9.73. The van der Waals surface area contributed by atoms with Crippen molar-refractivity contribution in [2.24, 2.45) is 4.99 Å². The first-order chi connectivity index (χ1) is 14.1. The van der Waals surface area contributed by atoms with Crippen LogP contribution < -0.4 is 29.6 Å². The van der Waals surface area contributed by atoms with Gasteiger partial charge in [0.05, 0.1) is 27.4 Å². The monoisotopic (exact) mass is 529 g/mol. The first kappa shape index (κ1) is 25.7. The number of benzene rings is 2. The number of nitrogens with one attached hydrogen (secondary N) is 2. The Hall–Kier alpha value is -2.36. The lowest BCUT2D eigenvalue weighted by atomic mass is 10.2. The Labute approximate surface area is 196 Å². The minimum atomic E-state index is 0. The third-order valence-corrected chi connectivity index (χ3v) is 4.10. The van der Waals surface area contributed by atoms with Crippen molar-refractivity contribution in [2.45, 2.75) is 26.8 Å². The van der Waals surface area contributed by atoms with E-state index in [-0.39, 0.29) is 24.0 Å². The summed E-state index contributed by atoms with van der Waals surface area (Å²) in [6, 6.07) is 11.6. The minimum absolute atomic E-state index is 0. The maximum absolute atomic E-state index is 5.70. The van der Waals surface area contributed by atoms with Crippen LogP contribution in [0.3, 0.4) is 0 Å². The van der Waals surface area contributed by atoms with Gasteiger partial charge < -0.3 is 29.6 Å². The molecule has 0 unspecified atom stereocenters. The highest BCUT2D eigenvalue weighted by Crippen LogP contribution is 2.30. The van der Waals surface area contributed by atoms with Gasteiger partial charge in [0.15, 0.2) is 29.0 Å². The van der Waals surface area contributed by atoms with Crippen LogP contribution in [-0.2, 0) is 6.54 Å². The average Bonchev–Trinajstić information content (AvgIpc) is 2.75. The van der Waals surface area contributed by atoms with E-state index in [1.165, 1.54) is 0 Å². The molecule has 0 spiro atoms. The number of nitrogens with zero attached hydrogens (tertiary/aromatic N) is 1. The fourth-order valence-electron chi connectivity index (χ4n) is 2.68. The van der Waals surface area contributed by atoms with Crippen molar-refractivity contribution in [2.75, 3.05) is 39.8 Å². The zero-order valence-electron chi connectivity index (χ0n) is 18.3. The number of halogens is 1. The van der Waals surface area contributed by atoms with E-state index in [0.717, 1.165) is 29.2 Å². The second-order valence-corrected chi connectivity index (χ2v) is 6.18. The Bertz CT molecular complexity index is 815. The van der Waals surface area contributed by atoms with Gasteiger partial charge in [-0.1, -0.05) is 13.0 Å². The van der Waals surface area contributed by atoms with Crippen molar-refractivity contribution < 1.29 is 18.9 Å². The van der Waals surface area contributed by atoms with E-state index in [1.807, 2.05) is 43.3 Å². The zero-order chi connectivity index (χ0) is 21.1. The summed E-state index contributed by atoms with van der Waals surface area (Å²) in [7, 11) is 4.99. The third-order valence-electron chi connectivity index (χ3n) is 4.10. The third kappa shape index (κ3) is 7.47. The summed E-state index contributed by atoms with van der Waals surface area (Å²) in [5.41, 5.74) is 1.90. The van der Waals surface area contributed by atoms with Gasteiger partial charge in [-0.3, -0.25) is 4.99 Å². The maximum Gasteiger partial charge on any atom is 0.195 e. The number of ether oxygens (including phenoxy) is 4. The average molecular weight is 529 g/mol. The standard InChI is InChI=1S/C22H31N3O4.HI/c1-6-12-29-19-10-8-16(13-20(19)27-5)15-24-22(23-3)25-17-9-11-18(26-4)21(14-17)28-7-2;/h8-11,13-14H,6-7,12,15H2,1-5H3,(H2,23,24,25);1H. The second-order valence-electron chi connectivity index (χ2n) is 6.18. The molecule has 0 atom stereocenters. The van der Waals surface area contributed by atoms with Gasteiger partial charge in [-0.15, -0.1) is 24.0 Å². The summed E-state index contributed by atoms with van der Waals surface area (Å²) in [6.07, 6.45) is 0.949. The number of hydrogen-bond acceptors (Lipinski definition) is 5. The zero-order valence-corrected chi connectivity index (χ0v) is 20.6. The van der Waals surface area contributed by atoms with Crippen molar-refractivity contribution >= 4 is 35.6 Å². The number of aliphatic imine (C=N–C) groups is 1. The van der Waals surface area contributed by atoms with Gasteiger partial charge in [-0.05, 0) is 43.2 Å². The van der Waals surface area contributed by atoms with Crippen molar-refractivity contribution in [3.8, 4) is 23.0 Å². The highest BCUT2D eigenvalue weighted by atomic mass is 127. The van der Waals surface area contributed by atoms with Gasteiger partial charge in [0.1, 0.15) is 0 Å². The lowest BCUT2D eigenvalue weighted by Crippen LogP contribution is -2.30. The van der Waals surface area contributed by atoms with Gasteiger partial charge in [0, 0.05) is 25.3 Å². The molecule has 8 heteroatoms. The van der Waals surface area contributed by atoms with Crippen LogP contribution >= 0.6 is 24.0 Å². The van der Waals surface area contributed by atoms with Crippen LogP contribution in [0.2, 0.25) is 0 Å². The largest absolute Gasteiger partial charge is 0.493 e. The smallest absolute Gasteiger partial charge is 0.195 e. The molecule has 2 rings (SSSR count). The summed E-state index contributed by atoms with van der Waals surface area (Å²) in [4.78, 5) is 4.28. The predicted octanol–water partition coefficient (Wildman–Crippen LogP) is 4.70. The maximum atomic E-state index is 5.70. The summed E-state index contributed by atoms with van der Waals surface area (Å²) in [5.74, 6) is 3.49. The summed E-state index contributed by atoms with van der Waals surface area (Å²) >= 11 is 0. The molecule has 0 amide bonds. The van der Waals surface area contributed by atoms with Crippen LogP contribution in [0.5, 0.6) is 23.0 Å². The normalized spacial score (nSPS) is 10.6. The SMILES string of the molecule is CCCOc1ccc(CNC(=NC)Nc2ccc(OC)c(OCC)c2)cc1OC.I. The van der Waals surface area contributed by atoms with Gasteiger partial charge in [0.2, 0.25) is 0 Å². The van der Waals surface area contributed by atoms with Crippen LogP contribution in [0.1, 0.15) is 25.8 Å². The van der Waals surface area contributed by atoms with E-state index in [2.05, 4.69) is 22.5 Å². The number of guanidine groups is 1. The molecule has 7 nitrogen and oxygen atoms in total. The van der Waals surface area contributed by atoms with Gasteiger partial charge in [-0.2, -0.15) is 0 Å². The summed E-state index contributed by atoms with van der Waals surface area (Å²) in [6.45, 7) is 5.82. The van der Waals surface area contributed by atoms with E-state index in [0.29, 0.717) is 37.2 Å². The first-order valence-corrected chi connectivity index (χ1v) is 9.73. The van der Waals surface area contributed by atoms with E-state index >= 15 is 0 Å². The molecule has 2 aromatic carbocycles. The van der Waals surface area contributed by atoms with E-state index in [4.69, 9.17) is 18.9 Å². The second kappa shape index (κ2) is 13.8. The Morgan fingerprint density at radius 2 is 1.63 bits per heavy atom. The predicted molar refractivity (Wildman–Crippen MR) is 132 cm³/mol. The molecule has 0 fully saturated rings. The Balaban J connectivity index is 0.00000450. The molecule has 30 heavy (non-hydrogen) atoms. The lowest BCUT2D eigenvalue weighted by molar-refractivity contribution is 0.294. The Kier molecular flexibility index (Phi) is 11.8. The molecule has 0 saturated carbocycles. The number of hydrogen-bond donors (Lipinski definition) is 2. The molecule has 0 aliphatic rings. The van der Waals surface area contributed by atoms with Crippen molar-refractivity contribution in [3.05, 3.63) is 42.0 Å².